The number of carbonyl (C=O) groups excluding carboxylic acids is 1. The highest BCUT2D eigenvalue weighted by Crippen LogP contribution is 2.19. The van der Waals surface area contributed by atoms with Crippen molar-refractivity contribution in [3.8, 4) is 0 Å². The van der Waals surface area contributed by atoms with Gasteiger partial charge in [0.25, 0.3) is 5.91 Å². The second-order valence-electron chi connectivity index (χ2n) is 5.00. The monoisotopic (exact) mass is 266 g/mol. The predicted octanol–water partition coefficient (Wildman–Crippen LogP) is 3.55. The predicted molar refractivity (Wildman–Crippen MR) is 75.1 cm³/mol. The molecule has 2 rings (SSSR count). The van der Waals surface area contributed by atoms with Crippen LogP contribution in [0.15, 0.2) is 5.51 Å². The maximum absolute atomic E-state index is 12.2. The summed E-state index contributed by atoms with van der Waals surface area (Å²) < 4.78 is 0. The van der Waals surface area contributed by atoms with Crippen molar-refractivity contribution in [2.75, 3.05) is 0 Å². The average molecular weight is 266 g/mol. The molecule has 3 nitrogen and oxygen atoms in total. The molecule has 1 aliphatic carbocycles. The van der Waals surface area contributed by atoms with Gasteiger partial charge < -0.3 is 5.32 Å². The zero-order chi connectivity index (χ0) is 12.8. The van der Waals surface area contributed by atoms with Crippen molar-refractivity contribution >= 4 is 17.2 Å². The van der Waals surface area contributed by atoms with E-state index >= 15 is 0 Å². The molecule has 0 spiro atoms. The third kappa shape index (κ3) is 3.55. The molecule has 0 bridgehead atoms. The van der Waals surface area contributed by atoms with E-state index in [1.165, 1.54) is 43.4 Å². The minimum atomic E-state index is 0.0833. The fourth-order valence-corrected chi connectivity index (χ4v) is 3.34. The Hall–Kier alpha value is -0.900. The first-order chi connectivity index (χ1) is 8.81. The minimum absolute atomic E-state index is 0.0833. The first kappa shape index (κ1) is 13.5. The van der Waals surface area contributed by atoms with Gasteiger partial charge in [-0.1, -0.05) is 39.0 Å². The summed E-state index contributed by atoms with van der Waals surface area (Å²) in [4.78, 5) is 17.3. The van der Waals surface area contributed by atoms with E-state index in [4.69, 9.17) is 0 Å². The fraction of sp³-hybridized carbons (Fsp3) is 0.714. The van der Waals surface area contributed by atoms with Crippen molar-refractivity contribution in [2.45, 2.75) is 64.3 Å². The molecule has 0 radical (unpaired) electrons. The van der Waals surface area contributed by atoms with E-state index in [0.717, 1.165) is 29.8 Å². The van der Waals surface area contributed by atoms with E-state index in [1.807, 2.05) is 6.92 Å². The Morgan fingerprint density at radius 2 is 2.00 bits per heavy atom. The summed E-state index contributed by atoms with van der Waals surface area (Å²) in [5.74, 6) is 0.0833. The van der Waals surface area contributed by atoms with Crippen LogP contribution < -0.4 is 5.32 Å². The maximum Gasteiger partial charge on any atom is 0.263 e. The molecule has 4 heteroatoms. The Morgan fingerprint density at radius 1 is 1.33 bits per heavy atom. The molecule has 1 aromatic heterocycles. The Bertz CT molecular complexity index is 381. The summed E-state index contributed by atoms with van der Waals surface area (Å²) in [6.45, 7) is 2.04. The molecule has 0 unspecified atom stereocenters. The van der Waals surface area contributed by atoms with Crippen LogP contribution in [0, 0.1) is 0 Å². The van der Waals surface area contributed by atoms with Crippen LogP contribution in [-0.2, 0) is 6.42 Å². The Balaban J connectivity index is 1.93. The number of amides is 1. The van der Waals surface area contributed by atoms with Crippen molar-refractivity contribution < 1.29 is 4.79 Å². The number of carbonyl (C=O) groups is 1. The van der Waals surface area contributed by atoms with Gasteiger partial charge in [0, 0.05) is 6.04 Å². The molecule has 18 heavy (non-hydrogen) atoms. The second-order valence-corrected chi connectivity index (χ2v) is 5.85. The van der Waals surface area contributed by atoms with Gasteiger partial charge in [-0.15, -0.1) is 11.3 Å². The molecule has 1 fully saturated rings. The van der Waals surface area contributed by atoms with Crippen molar-refractivity contribution in [1.82, 2.24) is 10.3 Å². The minimum Gasteiger partial charge on any atom is -0.349 e. The van der Waals surface area contributed by atoms with Crippen LogP contribution in [0.1, 0.15) is 67.2 Å². The highest BCUT2D eigenvalue weighted by atomic mass is 32.1. The van der Waals surface area contributed by atoms with Crippen LogP contribution in [0.4, 0.5) is 0 Å². The van der Waals surface area contributed by atoms with Gasteiger partial charge in [0.1, 0.15) is 4.88 Å². The molecule has 1 heterocycles. The lowest BCUT2D eigenvalue weighted by Gasteiger charge is -2.20. The van der Waals surface area contributed by atoms with E-state index in [2.05, 4.69) is 10.3 Å². The van der Waals surface area contributed by atoms with Crippen LogP contribution in [0.3, 0.4) is 0 Å². The van der Waals surface area contributed by atoms with E-state index in [9.17, 15) is 4.79 Å². The van der Waals surface area contributed by atoms with E-state index in [-0.39, 0.29) is 5.91 Å². The third-order valence-corrected chi connectivity index (χ3v) is 4.49. The third-order valence-electron chi connectivity index (χ3n) is 3.62. The summed E-state index contributed by atoms with van der Waals surface area (Å²) in [7, 11) is 0. The molecular formula is C14H22N2OS. The Labute approximate surface area is 113 Å². The summed E-state index contributed by atoms with van der Waals surface area (Å²) in [6, 6.07) is 0.365. The van der Waals surface area contributed by atoms with Gasteiger partial charge in [0.2, 0.25) is 0 Å². The summed E-state index contributed by atoms with van der Waals surface area (Å²) in [6.07, 6.45) is 9.56. The van der Waals surface area contributed by atoms with Crippen LogP contribution in [0.2, 0.25) is 0 Å². The molecule has 0 aromatic carbocycles. The molecule has 0 atom stereocenters. The van der Waals surface area contributed by atoms with Crippen molar-refractivity contribution in [3.05, 3.63) is 16.1 Å². The van der Waals surface area contributed by atoms with E-state index in [1.54, 1.807) is 5.51 Å². The molecule has 1 saturated carbocycles. The van der Waals surface area contributed by atoms with Crippen LogP contribution in [0.5, 0.6) is 0 Å². The number of rotatable bonds is 3. The van der Waals surface area contributed by atoms with E-state index in [0.29, 0.717) is 6.04 Å². The lowest BCUT2D eigenvalue weighted by atomic mass is 9.96. The number of nitrogens with one attached hydrogen (secondary N) is 1. The standard InChI is InChI=1S/C14H22N2OS/c1-2-12-13(18-10-15-12)14(17)16-11-8-6-4-3-5-7-9-11/h10-11H,2-9H2,1H3,(H,16,17). The Kier molecular flexibility index (Phi) is 5.17. The topological polar surface area (TPSA) is 42.0 Å². The number of aryl methyl sites for hydroxylation is 1. The number of thiazole rings is 1. The summed E-state index contributed by atoms with van der Waals surface area (Å²) in [5.41, 5.74) is 2.70. The first-order valence-electron chi connectivity index (χ1n) is 7.04. The zero-order valence-corrected chi connectivity index (χ0v) is 11.9. The van der Waals surface area contributed by atoms with Gasteiger partial charge in [-0.2, -0.15) is 0 Å². The van der Waals surface area contributed by atoms with Gasteiger partial charge in [-0.3, -0.25) is 4.79 Å². The van der Waals surface area contributed by atoms with Gasteiger partial charge in [-0.05, 0) is 19.3 Å². The van der Waals surface area contributed by atoms with Gasteiger partial charge in [0.15, 0.2) is 0 Å². The number of hydrogen-bond donors (Lipinski definition) is 1. The molecular weight excluding hydrogens is 244 g/mol. The van der Waals surface area contributed by atoms with Crippen molar-refractivity contribution in [2.24, 2.45) is 0 Å². The lowest BCUT2D eigenvalue weighted by Crippen LogP contribution is -2.35. The van der Waals surface area contributed by atoms with Crippen molar-refractivity contribution in [3.63, 3.8) is 0 Å². The smallest absolute Gasteiger partial charge is 0.263 e. The Morgan fingerprint density at radius 3 is 2.67 bits per heavy atom. The molecule has 1 aliphatic rings. The van der Waals surface area contributed by atoms with Crippen LogP contribution in [-0.4, -0.2) is 16.9 Å². The quantitative estimate of drug-likeness (QED) is 0.909. The largest absolute Gasteiger partial charge is 0.349 e. The number of aromatic nitrogens is 1. The molecule has 0 aliphatic heterocycles. The maximum atomic E-state index is 12.2. The summed E-state index contributed by atoms with van der Waals surface area (Å²) >= 11 is 1.46. The van der Waals surface area contributed by atoms with Crippen molar-refractivity contribution in [1.29, 1.82) is 0 Å². The molecule has 100 valence electrons. The number of nitrogens with zero attached hydrogens (tertiary/aromatic N) is 1. The highest BCUT2D eigenvalue weighted by Gasteiger charge is 2.18. The normalized spacial score (nSPS) is 18.1. The van der Waals surface area contributed by atoms with Crippen LogP contribution in [0.25, 0.3) is 0 Å². The van der Waals surface area contributed by atoms with E-state index < -0.39 is 0 Å². The second kappa shape index (κ2) is 6.88. The van der Waals surface area contributed by atoms with Crippen LogP contribution >= 0.6 is 11.3 Å². The van der Waals surface area contributed by atoms with Gasteiger partial charge in [-0.25, -0.2) is 4.98 Å². The SMILES string of the molecule is CCc1ncsc1C(=O)NC1CCCCCCC1. The van der Waals surface area contributed by atoms with Gasteiger partial charge in [0.05, 0.1) is 11.2 Å². The first-order valence-corrected chi connectivity index (χ1v) is 7.92. The van der Waals surface area contributed by atoms with Gasteiger partial charge >= 0.3 is 0 Å². The summed E-state index contributed by atoms with van der Waals surface area (Å²) in [5, 5.41) is 3.20. The number of hydrogen-bond acceptors (Lipinski definition) is 3. The zero-order valence-electron chi connectivity index (χ0n) is 11.1. The average Bonchev–Trinajstić information content (AvgIpc) is 2.80. The molecule has 1 amide bonds. The molecule has 1 N–H and O–H groups in total. The molecule has 1 aromatic rings. The highest BCUT2D eigenvalue weighted by molar-refractivity contribution is 7.11. The molecule has 0 saturated heterocycles. The lowest BCUT2D eigenvalue weighted by molar-refractivity contribution is 0.0933. The fourth-order valence-electron chi connectivity index (χ4n) is 2.56.